The number of nitrogens with zero attached hydrogens (tertiary/aromatic N) is 2. The van der Waals surface area contributed by atoms with Crippen LogP contribution in [0.1, 0.15) is 36.2 Å². The van der Waals surface area contributed by atoms with E-state index in [0.717, 1.165) is 31.8 Å². The van der Waals surface area contributed by atoms with Gasteiger partial charge in [0.15, 0.2) is 0 Å². The summed E-state index contributed by atoms with van der Waals surface area (Å²) in [5, 5.41) is 3.29. The summed E-state index contributed by atoms with van der Waals surface area (Å²) in [4.78, 5) is 30.3. The molecule has 32 heavy (non-hydrogen) atoms. The van der Waals surface area contributed by atoms with Gasteiger partial charge in [0, 0.05) is 32.7 Å². The van der Waals surface area contributed by atoms with Crippen LogP contribution in [0.3, 0.4) is 0 Å². The van der Waals surface area contributed by atoms with E-state index in [1.54, 1.807) is 31.4 Å². The minimum absolute atomic E-state index is 0.0346. The predicted octanol–water partition coefficient (Wildman–Crippen LogP) is 3.84. The number of amides is 2. The van der Waals surface area contributed by atoms with Crippen molar-refractivity contribution in [2.24, 2.45) is 5.92 Å². The number of nitrogens with one attached hydrogen (secondary N) is 1. The Hall–Kier alpha value is -2.57. The van der Waals surface area contributed by atoms with Crippen molar-refractivity contribution in [3.05, 3.63) is 64.7 Å². The molecule has 1 aliphatic heterocycles. The van der Waals surface area contributed by atoms with Crippen LogP contribution in [-0.2, 0) is 11.3 Å². The highest BCUT2D eigenvalue weighted by molar-refractivity contribution is 6.33. The van der Waals surface area contributed by atoms with Gasteiger partial charge in [-0.3, -0.25) is 14.5 Å². The van der Waals surface area contributed by atoms with Crippen molar-refractivity contribution in [3.8, 4) is 5.75 Å². The fourth-order valence-corrected chi connectivity index (χ4v) is 4.13. The number of ether oxygens (including phenoxy) is 1. The molecular weight excluding hydrogens is 426 g/mol. The van der Waals surface area contributed by atoms with Crippen LogP contribution >= 0.6 is 11.6 Å². The molecule has 7 heteroatoms. The van der Waals surface area contributed by atoms with Gasteiger partial charge >= 0.3 is 0 Å². The van der Waals surface area contributed by atoms with E-state index in [2.05, 4.69) is 22.3 Å². The summed E-state index contributed by atoms with van der Waals surface area (Å²) in [5.74, 6) is 0.456. The maximum atomic E-state index is 13.3. The molecule has 3 rings (SSSR count). The van der Waals surface area contributed by atoms with Crippen LogP contribution in [0.5, 0.6) is 5.75 Å². The lowest BCUT2D eigenvalue weighted by Gasteiger charge is -2.29. The second kappa shape index (κ2) is 11.3. The molecule has 0 bridgehead atoms. The molecule has 2 aromatic carbocycles. The summed E-state index contributed by atoms with van der Waals surface area (Å²) < 4.78 is 5.23. The molecule has 1 N–H and O–H groups in total. The minimum atomic E-state index is -0.591. The van der Waals surface area contributed by atoms with Gasteiger partial charge in [0.25, 0.3) is 5.91 Å². The third-order valence-electron chi connectivity index (χ3n) is 5.80. The van der Waals surface area contributed by atoms with E-state index in [1.807, 2.05) is 30.9 Å². The first-order valence-electron chi connectivity index (χ1n) is 11.1. The van der Waals surface area contributed by atoms with Gasteiger partial charge in [-0.1, -0.05) is 49.7 Å². The van der Waals surface area contributed by atoms with Crippen LogP contribution in [0.25, 0.3) is 0 Å². The summed E-state index contributed by atoms with van der Waals surface area (Å²) in [6.45, 7) is 7.77. The van der Waals surface area contributed by atoms with Crippen LogP contribution in [-0.4, -0.2) is 60.9 Å². The molecular formula is C25H32ClN3O3. The second-order valence-electron chi connectivity index (χ2n) is 8.48. The number of carbonyl (C=O) groups is 2. The lowest BCUT2D eigenvalue weighted by molar-refractivity contribution is -0.134. The molecule has 6 nitrogen and oxygen atoms in total. The zero-order valence-corrected chi connectivity index (χ0v) is 19.8. The van der Waals surface area contributed by atoms with Crippen molar-refractivity contribution in [3.63, 3.8) is 0 Å². The Kier molecular flexibility index (Phi) is 8.53. The molecule has 1 aliphatic rings. The summed E-state index contributed by atoms with van der Waals surface area (Å²) in [6.07, 6.45) is 0.894. The van der Waals surface area contributed by atoms with Crippen LogP contribution in [0, 0.1) is 5.92 Å². The Morgan fingerprint density at radius 1 is 1.03 bits per heavy atom. The molecule has 1 heterocycles. The Morgan fingerprint density at radius 3 is 2.41 bits per heavy atom. The fourth-order valence-electron chi connectivity index (χ4n) is 3.91. The van der Waals surface area contributed by atoms with Crippen molar-refractivity contribution >= 4 is 23.4 Å². The lowest BCUT2D eigenvalue weighted by Crippen LogP contribution is -2.52. The molecule has 1 fully saturated rings. The molecule has 1 saturated heterocycles. The highest BCUT2D eigenvalue weighted by Crippen LogP contribution is 2.18. The first-order valence-corrected chi connectivity index (χ1v) is 11.5. The molecule has 172 valence electrons. The monoisotopic (exact) mass is 457 g/mol. The number of hydrogen-bond donors (Lipinski definition) is 1. The van der Waals surface area contributed by atoms with Gasteiger partial charge in [0.2, 0.25) is 5.91 Å². The third-order valence-corrected chi connectivity index (χ3v) is 6.13. The highest BCUT2D eigenvalue weighted by Gasteiger charge is 2.30. The number of methoxy groups -OCH3 is 1. The molecule has 0 saturated carbocycles. The fraction of sp³-hybridized carbons (Fsp3) is 0.440. The average molecular weight is 458 g/mol. The third kappa shape index (κ3) is 6.24. The molecule has 1 unspecified atom stereocenters. The van der Waals surface area contributed by atoms with Gasteiger partial charge in [0.1, 0.15) is 11.8 Å². The van der Waals surface area contributed by atoms with E-state index < -0.39 is 6.04 Å². The van der Waals surface area contributed by atoms with Crippen LogP contribution < -0.4 is 10.1 Å². The molecule has 0 radical (unpaired) electrons. The average Bonchev–Trinajstić information content (AvgIpc) is 3.03. The normalized spacial score (nSPS) is 15.8. The zero-order chi connectivity index (χ0) is 23.1. The summed E-state index contributed by atoms with van der Waals surface area (Å²) in [6, 6.07) is 14.4. The van der Waals surface area contributed by atoms with Gasteiger partial charge in [-0.15, -0.1) is 0 Å². The van der Waals surface area contributed by atoms with Crippen molar-refractivity contribution in [1.82, 2.24) is 15.1 Å². The molecule has 1 atom stereocenters. The van der Waals surface area contributed by atoms with Gasteiger partial charge < -0.3 is 15.0 Å². The van der Waals surface area contributed by atoms with E-state index in [-0.39, 0.29) is 17.7 Å². The van der Waals surface area contributed by atoms with E-state index >= 15 is 0 Å². The Labute approximate surface area is 195 Å². The van der Waals surface area contributed by atoms with E-state index in [0.29, 0.717) is 23.7 Å². The topological polar surface area (TPSA) is 61.9 Å². The molecule has 2 aromatic rings. The van der Waals surface area contributed by atoms with Crippen molar-refractivity contribution < 1.29 is 14.3 Å². The van der Waals surface area contributed by atoms with E-state index in [1.165, 1.54) is 5.56 Å². The maximum Gasteiger partial charge on any atom is 0.253 e. The Bertz CT molecular complexity index is 917. The summed E-state index contributed by atoms with van der Waals surface area (Å²) in [7, 11) is 1.66. The molecule has 0 spiro atoms. The van der Waals surface area contributed by atoms with E-state index in [4.69, 9.17) is 16.3 Å². The van der Waals surface area contributed by atoms with E-state index in [9.17, 15) is 9.59 Å². The zero-order valence-electron chi connectivity index (χ0n) is 19.0. The van der Waals surface area contributed by atoms with Crippen LogP contribution in [0.2, 0.25) is 5.02 Å². The largest absolute Gasteiger partial charge is 0.497 e. The summed E-state index contributed by atoms with van der Waals surface area (Å²) >= 11 is 6.16. The quantitative estimate of drug-likeness (QED) is 0.686. The predicted molar refractivity (Wildman–Crippen MR) is 127 cm³/mol. The van der Waals surface area contributed by atoms with Crippen LogP contribution in [0.15, 0.2) is 48.5 Å². The van der Waals surface area contributed by atoms with Crippen LogP contribution in [0.4, 0.5) is 0 Å². The van der Waals surface area contributed by atoms with Gasteiger partial charge in [-0.05, 0) is 42.2 Å². The van der Waals surface area contributed by atoms with Crippen molar-refractivity contribution in [1.29, 1.82) is 0 Å². The van der Waals surface area contributed by atoms with Gasteiger partial charge in [-0.25, -0.2) is 0 Å². The summed E-state index contributed by atoms with van der Waals surface area (Å²) in [5.41, 5.74) is 1.60. The Morgan fingerprint density at radius 2 is 1.75 bits per heavy atom. The first kappa shape index (κ1) is 24.1. The number of halogens is 1. The highest BCUT2D eigenvalue weighted by atomic mass is 35.5. The van der Waals surface area contributed by atoms with Crippen molar-refractivity contribution in [2.45, 2.75) is 32.9 Å². The molecule has 0 aliphatic carbocycles. The smallest absolute Gasteiger partial charge is 0.253 e. The number of carbonyl (C=O) groups excluding carboxylic acids is 2. The molecule has 0 aromatic heterocycles. The second-order valence-corrected chi connectivity index (χ2v) is 8.89. The standard InChI is InChI=1S/C25H32ClN3O3/c1-18(2)23(27-24(30)21-7-4-5-8-22(21)26)25(31)29-14-6-13-28(15-16-29)17-19-9-11-20(32-3)12-10-19/h4-5,7-12,18,23H,6,13-17H2,1-3H3,(H,27,30). The van der Waals surface area contributed by atoms with Gasteiger partial charge in [0.05, 0.1) is 17.7 Å². The maximum absolute atomic E-state index is 13.3. The lowest BCUT2D eigenvalue weighted by atomic mass is 10.0. The van der Waals surface area contributed by atoms with Crippen molar-refractivity contribution in [2.75, 3.05) is 33.3 Å². The molecule has 2 amide bonds. The minimum Gasteiger partial charge on any atom is -0.497 e. The Balaban J connectivity index is 1.61. The SMILES string of the molecule is COc1ccc(CN2CCCN(C(=O)C(NC(=O)c3ccccc3Cl)C(C)C)CC2)cc1. The number of rotatable bonds is 7. The number of hydrogen-bond acceptors (Lipinski definition) is 4. The first-order chi connectivity index (χ1) is 15.4. The number of benzene rings is 2. The van der Waals surface area contributed by atoms with Gasteiger partial charge in [-0.2, -0.15) is 0 Å².